The van der Waals surface area contributed by atoms with Crippen molar-refractivity contribution in [3.05, 3.63) is 138 Å². The number of hydrogen-bond donors (Lipinski definition) is 0. The molecule has 0 saturated carbocycles. The van der Waals surface area contributed by atoms with Gasteiger partial charge < -0.3 is 4.90 Å². The van der Waals surface area contributed by atoms with E-state index in [0.29, 0.717) is 5.56 Å². The Bertz CT molecular complexity index is 1750. The van der Waals surface area contributed by atoms with E-state index in [1.54, 1.807) is 6.07 Å². The van der Waals surface area contributed by atoms with Crippen LogP contribution in [0.3, 0.4) is 0 Å². The van der Waals surface area contributed by atoms with Crippen LogP contribution in [-0.2, 0) is 5.54 Å². The molecule has 0 radical (unpaired) electrons. The van der Waals surface area contributed by atoms with Gasteiger partial charge in [-0.15, -0.1) is 0 Å². The Morgan fingerprint density at radius 2 is 1.73 bits per heavy atom. The van der Waals surface area contributed by atoms with Crippen LogP contribution < -0.4 is 9.47 Å². The van der Waals surface area contributed by atoms with Gasteiger partial charge in [-0.3, -0.25) is 0 Å². The molecular formula is C40H45FN3+. The summed E-state index contributed by atoms with van der Waals surface area (Å²) in [5.74, 6) is 0.608. The molecule has 0 amide bonds. The van der Waals surface area contributed by atoms with Crippen LogP contribution in [0.1, 0.15) is 65.0 Å². The minimum Gasteiger partial charge on any atom is -0.311 e. The number of nitrogens with zero attached hydrogens (tertiary/aromatic N) is 3. The first-order valence-electron chi connectivity index (χ1n) is 15.7. The van der Waals surface area contributed by atoms with Gasteiger partial charge in [0.25, 0.3) is 5.82 Å². The second-order valence-electron chi connectivity index (χ2n) is 12.5. The number of aromatic nitrogens is 2. The number of aryl methyl sites for hydroxylation is 2. The first kappa shape index (κ1) is 31.0. The molecule has 3 nitrogen and oxygen atoms in total. The zero-order valence-corrected chi connectivity index (χ0v) is 27.2. The van der Waals surface area contributed by atoms with Gasteiger partial charge in [0.05, 0.1) is 0 Å². The van der Waals surface area contributed by atoms with Gasteiger partial charge in [-0.2, -0.15) is 4.57 Å². The maximum atomic E-state index is 15.2. The highest BCUT2D eigenvalue weighted by molar-refractivity contribution is 5.75. The van der Waals surface area contributed by atoms with Crippen LogP contribution in [0.2, 0.25) is 0 Å². The number of allylic oxidation sites excluding steroid dienone is 6. The molecule has 1 aliphatic carbocycles. The summed E-state index contributed by atoms with van der Waals surface area (Å²) in [5, 5.41) is 0. The molecule has 4 heteroatoms. The number of benzene rings is 3. The van der Waals surface area contributed by atoms with Crippen LogP contribution in [0.25, 0.3) is 28.2 Å². The number of halogens is 1. The number of hydrogen-bond acceptors (Lipinski definition) is 1. The van der Waals surface area contributed by atoms with Crippen molar-refractivity contribution in [2.75, 3.05) is 4.90 Å². The van der Waals surface area contributed by atoms with Gasteiger partial charge in [0.15, 0.2) is 0 Å². The summed E-state index contributed by atoms with van der Waals surface area (Å²) in [6, 6.07) is 20.4. The van der Waals surface area contributed by atoms with Gasteiger partial charge in [0.2, 0.25) is 0 Å². The van der Waals surface area contributed by atoms with E-state index in [2.05, 4.69) is 148 Å². The van der Waals surface area contributed by atoms with Crippen LogP contribution >= 0.6 is 0 Å². The minimum absolute atomic E-state index is 0.224. The second-order valence-corrected chi connectivity index (χ2v) is 12.5. The van der Waals surface area contributed by atoms with Crippen molar-refractivity contribution < 1.29 is 8.96 Å². The lowest BCUT2D eigenvalue weighted by atomic mass is 9.97. The molecule has 0 unspecified atom stereocenters. The van der Waals surface area contributed by atoms with Crippen LogP contribution in [0.4, 0.5) is 10.1 Å². The van der Waals surface area contributed by atoms with Gasteiger partial charge in [0.1, 0.15) is 35.0 Å². The maximum absolute atomic E-state index is 15.2. The van der Waals surface area contributed by atoms with E-state index >= 15 is 4.39 Å². The van der Waals surface area contributed by atoms with Crippen LogP contribution in [0, 0.1) is 19.7 Å². The Kier molecular flexibility index (Phi) is 9.20. The lowest BCUT2D eigenvalue weighted by Gasteiger charge is -2.29. The topological polar surface area (TPSA) is 12.1 Å². The predicted octanol–water partition coefficient (Wildman–Crippen LogP) is 10.5. The predicted molar refractivity (Wildman–Crippen MR) is 183 cm³/mol. The molecule has 1 heterocycles. The standard InChI is InChI=1S/C40H45FN3/c1-8-16-33(17-9-2)44(34-19-11-10-12-20-34)35-21-15-18-31(28-35)32-26-29(3)38(30(4)27-32)42-24-25-43(40(5,6)7)39(42)36-22-13-14-23-37(36)41/h8,11,13-28H,9-10,12H2,1-7H3/q+1/b16-8-,33-17+. The fraction of sp³-hybridized carbons (Fsp3) is 0.275. The third-order valence-electron chi connectivity index (χ3n) is 8.07. The van der Waals surface area contributed by atoms with Gasteiger partial charge in [-0.25, -0.2) is 8.96 Å². The molecule has 1 aliphatic rings. The van der Waals surface area contributed by atoms with Crippen molar-refractivity contribution in [1.82, 2.24) is 4.57 Å². The van der Waals surface area contributed by atoms with Crippen molar-refractivity contribution in [3.8, 4) is 28.2 Å². The molecule has 0 N–H and O–H groups in total. The summed E-state index contributed by atoms with van der Waals surface area (Å²) >= 11 is 0. The summed E-state index contributed by atoms with van der Waals surface area (Å²) in [7, 11) is 0. The first-order chi connectivity index (χ1) is 21.1. The highest BCUT2D eigenvalue weighted by Crippen LogP contribution is 2.35. The van der Waals surface area contributed by atoms with Gasteiger partial charge in [0, 0.05) is 17.1 Å². The third kappa shape index (κ3) is 6.26. The van der Waals surface area contributed by atoms with Crippen LogP contribution in [0.5, 0.6) is 0 Å². The average molecular weight is 587 g/mol. The fourth-order valence-electron chi connectivity index (χ4n) is 6.17. The Morgan fingerprint density at radius 3 is 2.36 bits per heavy atom. The Labute approximate surface area is 263 Å². The molecule has 5 rings (SSSR count). The molecule has 0 fully saturated rings. The van der Waals surface area contributed by atoms with E-state index in [1.807, 2.05) is 12.1 Å². The molecule has 0 aliphatic heterocycles. The molecule has 0 spiro atoms. The zero-order chi connectivity index (χ0) is 31.4. The van der Waals surface area contributed by atoms with Crippen molar-refractivity contribution >= 4 is 5.69 Å². The lowest BCUT2D eigenvalue weighted by molar-refractivity contribution is -0.743. The SMILES string of the molecule is C/C=C\C(=C/CC)N(C1=CCCC=C1)c1cccc(-c2cc(C)c(-n3cc[n+](C(C)(C)C)c3-c3ccccc3F)c(C)c2)c1. The highest BCUT2D eigenvalue weighted by atomic mass is 19.1. The molecule has 4 aromatic rings. The number of imidazole rings is 1. The van der Waals surface area contributed by atoms with Crippen molar-refractivity contribution in [2.45, 2.75) is 73.3 Å². The van der Waals surface area contributed by atoms with Crippen molar-refractivity contribution in [2.24, 2.45) is 0 Å². The molecule has 0 bridgehead atoms. The van der Waals surface area contributed by atoms with Crippen LogP contribution in [-0.4, -0.2) is 4.57 Å². The van der Waals surface area contributed by atoms with E-state index < -0.39 is 0 Å². The number of anilines is 1. The summed E-state index contributed by atoms with van der Waals surface area (Å²) < 4.78 is 19.6. The molecule has 1 aromatic heterocycles. The van der Waals surface area contributed by atoms with E-state index in [0.717, 1.165) is 58.7 Å². The van der Waals surface area contributed by atoms with Crippen LogP contribution in [0.15, 0.2) is 121 Å². The maximum Gasteiger partial charge on any atom is 0.297 e. The van der Waals surface area contributed by atoms with Crippen molar-refractivity contribution in [1.29, 1.82) is 0 Å². The van der Waals surface area contributed by atoms with Gasteiger partial charge >= 0.3 is 0 Å². The molecule has 44 heavy (non-hydrogen) atoms. The van der Waals surface area contributed by atoms with Crippen molar-refractivity contribution in [3.63, 3.8) is 0 Å². The highest BCUT2D eigenvalue weighted by Gasteiger charge is 2.32. The largest absolute Gasteiger partial charge is 0.311 e. The summed E-state index contributed by atoms with van der Waals surface area (Å²) in [5.41, 5.74) is 9.54. The van der Waals surface area contributed by atoms with E-state index in [-0.39, 0.29) is 11.4 Å². The second kappa shape index (κ2) is 13.1. The van der Waals surface area contributed by atoms with Gasteiger partial charge in [-0.1, -0.05) is 55.5 Å². The summed E-state index contributed by atoms with van der Waals surface area (Å²) in [4.78, 5) is 2.36. The number of rotatable bonds is 8. The zero-order valence-electron chi connectivity index (χ0n) is 27.2. The Hall–Kier alpha value is -4.44. The molecule has 3 aromatic carbocycles. The van der Waals surface area contributed by atoms with E-state index in [9.17, 15) is 0 Å². The monoisotopic (exact) mass is 586 g/mol. The Balaban J connectivity index is 1.63. The normalized spacial score (nSPS) is 13.9. The average Bonchev–Trinajstić information content (AvgIpc) is 3.43. The fourth-order valence-corrected chi connectivity index (χ4v) is 6.17. The molecule has 226 valence electrons. The quantitative estimate of drug-likeness (QED) is 0.148. The third-order valence-corrected chi connectivity index (χ3v) is 8.07. The van der Waals surface area contributed by atoms with E-state index in [1.165, 1.54) is 17.5 Å². The lowest BCUT2D eigenvalue weighted by Crippen LogP contribution is -2.50. The Morgan fingerprint density at radius 1 is 0.977 bits per heavy atom. The molecule has 0 saturated heterocycles. The molecular weight excluding hydrogens is 541 g/mol. The summed E-state index contributed by atoms with van der Waals surface area (Å²) in [6.07, 6.45) is 20.6. The summed E-state index contributed by atoms with van der Waals surface area (Å²) in [6.45, 7) is 15.0. The smallest absolute Gasteiger partial charge is 0.297 e. The van der Waals surface area contributed by atoms with E-state index in [4.69, 9.17) is 0 Å². The molecule has 0 atom stereocenters. The first-order valence-corrected chi connectivity index (χ1v) is 15.7. The minimum atomic E-state index is -0.226. The van der Waals surface area contributed by atoms with Gasteiger partial charge in [-0.05, 0) is 132 Å².